The fourth-order valence-corrected chi connectivity index (χ4v) is 3.02. The van der Waals surface area contributed by atoms with Gasteiger partial charge in [0.25, 0.3) is 5.91 Å². The molecule has 0 atom stereocenters. The first-order chi connectivity index (χ1) is 13.1. The van der Waals surface area contributed by atoms with Crippen molar-refractivity contribution < 1.29 is 9.59 Å². The van der Waals surface area contributed by atoms with Crippen LogP contribution in [0.15, 0.2) is 36.4 Å². The molecule has 2 aromatic heterocycles. The summed E-state index contributed by atoms with van der Waals surface area (Å²) in [6.45, 7) is 3.45. The Bertz CT molecular complexity index is 808. The lowest BCUT2D eigenvalue weighted by Crippen LogP contribution is -2.42. The number of nitrogens with zero attached hydrogens (tertiary/aromatic N) is 3. The van der Waals surface area contributed by atoms with Crippen molar-refractivity contribution in [3.8, 4) is 0 Å². The monoisotopic (exact) mass is 367 g/mol. The molecule has 0 spiro atoms. The van der Waals surface area contributed by atoms with E-state index < -0.39 is 0 Å². The maximum Gasteiger partial charge on any atom is 0.272 e. The van der Waals surface area contributed by atoms with Crippen LogP contribution in [0.1, 0.15) is 34.7 Å². The van der Waals surface area contributed by atoms with Crippen molar-refractivity contribution in [1.29, 1.82) is 0 Å². The summed E-state index contributed by atoms with van der Waals surface area (Å²) in [6.07, 6.45) is 2.53. The number of carbonyl (C=O) groups is 2. The highest BCUT2D eigenvalue weighted by Gasteiger charge is 2.20. The van der Waals surface area contributed by atoms with Crippen LogP contribution in [0.5, 0.6) is 0 Å². The zero-order valence-electron chi connectivity index (χ0n) is 15.6. The fourth-order valence-electron chi connectivity index (χ4n) is 3.02. The number of nitrogens with one attached hydrogen (secondary N) is 2. The molecule has 142 valence electrons. The van der Waals surface area contributed by atoms with Gasteiger partial charge in [-0.15, -0.1) is 0 Å². The molecule has 0 fully saturated rings. The molecule has 0 aromatic carbocycles. The van der Waals surface area contributed by atoms with E-state index in [9.17, 15) is 9.59 Å². The summed E-state index contributed by atoms with van der Waals surface area (Å²) in [7, 11) is 0. The molecule has 3 heterocycles. The number of aromatic nitrogens is 2. The molecule has 27 heavy (non-hydrogen) atoms. The van der Waals surface area contributed by atoms with Gasteiger partial charge in [-0.25, -0.2) is 9.97 Å². The quantitative estimate of drug-likeness (QED) is 0.802. The molecule has 0 unspecified atom stereocenters. The normalized spacial score (nSPS) is 16.0. The summed E-state index contributed by atoms with van der Waals surface area (Å²) in [5.74, 6) is 0.442. The lowest BCUT2D eigenvalue weighted by atomic mass is 10.1. The summed E-state index contributed by atoms with van der Waals surface area (Å²) >= 11 is 0. The predicted molar refractivity (Wildman–Crippen MR) is 104 cm³/mol. The Morgan fingerprint density at radius 1 is 1.04 bits per heavy atom. The number of pyridine rings is 2. The first-order valence-electron chi connectivity index (χ1n) is 9.31. The van der Waals surface area contributed by atoms with E-state index in [-0.39, 0.29) is 18.4 Å². The third kappa shape index (κ3) is 5.51. The van der Waals surface area contributed by atoms with Crippen molar-refractivity contribution in [2.75, 3.05) is 31.5 Å². The highest BCUT2D eigenvalue weighted by atomic mass is 16.2. The van der Waals surface area contributed by atoms with Gasteiger partial charge in [0.2, 0.25) is 5.91 Å². The van der Waals surface area contributed by atoms with E-state index in [1.807, 2.05) is 37.3 Å². The standard InChI is InChI=1S/C20H25N5O2/c1-15-6-4-9-17(23-15)20(27)25-13-3-2-7-16-8-5-10-18(24-16)21-11-12-22-19(26)14-25/h4-6,8-10H,2-3,7,11-14H2,1H3,(H,21,24)(H,22,26). The largest absolute Gasteiger partial charge is 0.368 e. The number of amides is 2. The van der Waals surface area contributed by atoms with Crippen molar-refractivity contribution in [3.05, 3.63) is 53.5 Å². The van der Waals surface area contributed by atoms with Crippen molar-refractivity contribution in [2.45, 2.75) is 26.2 Å². The summed E-state index contributed by atoms with van der Waals surface area (Å²) in [6, 6.07) is 11.3. The Hall–Kier alpha value is -2.96. The van der Waals surface area contributed by atoms with Gasteiger partial charge in [-0.3, -0.25) is 9.59 Å². The molecule has 2 bridgehead atoms. The summed E-state index contributed by atoms with van der Waals surface area (Å²) in [4.78, 5) is 35.6. The zero-order chi connectivity index (χ0) is 19.1. The summed E-state index contributed by atoms with van der Waals surface area (Å²) < 4.78 is 0. The van der Waals surface area contributed by atoms with Gasteiger partial charge in [0.15, 0.2) is 0 Å². The molecule has 0 radical (unpaired) electrons. The molecule has 7 nitrogen and oxygen atoms in total. The second-order valence-electron chi connectivity index (χ2n) is 6.64. The van der Waals surface area contributed by atoms with Gasteiger partial charge in [0.1, 0.15) is 11.5 Å². The van der Waals surface area contributed by atoms with Crippen LogP contribution in [0.4, 0.5) is 5.82 Å². The zero-order valence-corrected chi connectivity index (χ0v) is 15.6. The van der Waals surface area contributed by atoms with Crippen LogP contribution in [-0.4, -0.2) is 52.9 Å². The summed E-state index contributed by atoms with van der Waals surface area (Å²) in [5.41, 5.74) is 2.18. The molecule has 3 rings (SSSR count). The topological polar surface area (TPSA) is 87.2 Å². The lowest BCUT2D eigenvalue weighted by molar-refractivity contribution is -0.121. The Morgan fingerprint density at radius 2 is 1.85 bits per heavy atom. The van der Waals surface area contributed by atoms with Crippen LogP contribution >= 0.6 is 0 Å². The average molecular weight is 367 g/mol. The second-order valence-corrected chi connectivity index (χ2v) is 6.64. The van der Waals surface area contributed by atoms with Crippen LogP contribution in [0, 0.1) is 6.92 Å². The van der Waals surface area contributed by atoms with Crippen molar-refractivity contribution in [1.82, 2.24) is 20.2 Å². The van der Waals surface area contributed by atoms with Gasteiger partial charge in [0.05, 0.1) is 6.54 Å². The van der Waals surface area contributed by atoms with Gasteiger partial charge < -0.3 is 15.5 Å². The minimum absolute atomic E-state index is 0.0397. The van der Waals surface area contributed by atoms with Gasteiger partial charge in [0, 0.05) is 31.0 Å². The highest BCUT2D eigenvalue weighted by Crippen LogP contribution is 2.10. The minimum Gasteiger partial charge on any atom is -0.368 e. The van der Waals surface area contributed by atoms with E-state index in [1.54, 1.807) is 11.0 Å². The van der Waals surface area contributed by atoms with E-state index in [0.29, 0.717) is 25.3 Å². The van der Waals surface area contributed by atoms with E-state index in [0.717, 1.165) is 36.5 Å². The Balaban J connectivity index is 1.72. The Labute approximate surface area is 159 Å². The van der Waals surface area contributed by atoms with E-state index in [2.05, 4.69) is 20.6 Å². The third-order valence-electron chi connectivity index (χ3n) is 4.40. The number of carbonyl (C=O) groups excluding carboxylic acids is 2. The Morgan fingerprint density at radius 3 is 2.70 bits per heavy atom. The number of fused-ring (bicyclic) bond motifs is 2. The van der Waals surface area contributed by atoms with Crippen LogP contribution < -0.4 is 10.6 Å². The first-order valence-corrected chi connectivity index (χ1v) is 9.31. The molecule has 1 aliphatic heterocycles. The molecule has 2 amide bonds. The second kappa shape index (κ2) is 9.12. The molecular formula is C20H25N5O2. The molecular weight excluding hydrogens is 342 g/mol. The molecule has 1 aliphatic rings. The average Bonchev–Trinajstić information content (AvgIpc) is 2.67. The van der Waals surface area contributed by atoms with E-state index >= 15 is 0 Å². The predicted octanol–water partition coefficient (Wildman–Crippen LogP) is 1.79. The number of hydrogen-bond acceptors (Lipinski definition) is 5. The molecule has 0 saturated heterocycles. The van der Waals surface area contributed by atoms with Gasteiger partial charge in [-0.1, -0.05) is 12.1 Å². The maximum atomic E-state index is 12.8. The lowest BCUT2D eigenvalue weighted by Gasteiger charge is -2.22. The van der Waals surface area contributed by atoms with E-state index in [1.165, 1.54) is 0 Å². The van der Waals surface area contributed by atoms with Crippen molar-refractivity contribution in [2.24, 2.45) is 0 Å². The minimum atomic E-state index is -0.209. The van der Waals surface area contributed by atoms with Gasteiger partial charge >= 0.3 is 0 Å². The number of aryl methyl sites for hydroxylation is 2. The van der Waals surface area contributed by atoms with Crippen molar-refractivity contribution in [3.63, 3.8) is 0 Å². The molecule has 0 aliphatic carbocycles. The van der Waals surface area contributed by atoms with Crippen molar-refractivity contribution >= 4 is 17.6 Å². The molecule has 0 saturated carbocycles. The smallest absolute Gasteiger partial charge is 0.272 e. The highest BCUT2D eigenvalue weighted by molar-refractivity contribution is 5.95. The van der Waals surface area contributed by atoms with E-state index in [4.69, 9.17) is 0 Å². The molecule has 7 heteroatoms. The summed E-state index contributed by atoms with van der Waals surface area (Å²) in [5, 5.41) is 6.06. The van der Waals surface area contributed by atoms with Gasteiger partial charge in [-0.2, -0.15) is 0 Å². The number of rotatable bonds is 1. The molecule has 2 N–H and O–H groups in total. The maximum absolute atomic E-state index is 12.8. The fraction of sp³-hybridized carbons (Fsp3) is 0.400. The van der Waals surface area contributed by atoms with Crippen LogP contribution in [-0.2, 0) is 11.2 Å². The van der Waals surface area contributed by atoms with Crippen LogP contribution in [0.2, 0.25) is 0 Å². The van der Waals surface area contributed by atoms with Crippen LogP contribution in [0.25, 0.3) is 0 Å². The van der Waals surface area contributed by atoms with Gasteiger partial charge in [-0.05, 0) is 50.5 Å². The number of anilines is 1. The Kier molecular flexibility index (Phi) is 6.35. The SMILES string of the molecule is Cc1cccc(C(=O)N2CCCCc3cccc(n3)NCCNC(=O)C2)n1. The third-order valence-corrected chi connectivity index (χ3v) is 4.40. The molecule has 2 aromatic rings. The first kappa shape index (κ1) is 18.8. The van der Waals surface area contributed by atoms with Crippen LogP contribution in [0.3, 0.4) is 0 Å². The number of hydrogen-bond donors (Lipinski definition) is 2.